The van der Waals surface area contributed by atoms with E-state index in [4.69, 9.17) is 23.2 Å². The van der Waals surface area contributed by atoms with Crippen molar-refractivity contribution in [2.45, 2.75) is 18.7 Å². The summed E-state index contributed by atoms with van der Waals surface area (Å²) in [5, 5.41) is 4.51. The van der Waals surface area contributed by atoms with Gasteiger partial charge < -0.3 is 4.57 Å². The number of nitrogens with zero attached hydrogens (tertiary/aromatic N) is 3. The number of hydrogen-bond acceptors (Lipinski definition) is 4. The lowest BCUT2D eigenvalue weighted by atomic mass is 10.2. The number of sulfonamides is 1. The van der Waals surface area contributed by atoms with Crippen molar-refractivity contribution in [2.24, 2.45) is 5.10 Å². The zero-order chi connectivity index (χ0) is 27.4. The number of benzene rings is 3. The minimum Gasteiger partial charge on any atom is -0.318 e. The summed E-state index contributed by atoms with van der Waals surface area (Å²) >= 11 is 15.8. The van der Waals surface area contributed by atoms with E-state index in [0.29, 0.717) is 5.02 Å². The van der Waals surface area contributed by atoms with Gasteiger partial charge in [-0.25, -0.2) is 13.8 Å². The maximum atomic E-state index is 13.5. The van der Waals surface area contributed by atoms with Gasteiger partial charge in [0.15, 0.2) is 0 Å². The topological polar surface area (TPSA) is 83.8 Å². The number of aryl methyl sites for hydroxylation is 1. The first kappa shape index (κ1) is 27.9. The number of hydrazone groups is 1. The molecule has 11 heteroatoms. The van der Waals surface area contributed by atoms with Crippen LogP contribution in [0.5, 0.6) is 0 Å². The van der Waals surface area contributed by atoms with Crippen LogP contribution in [-0.2, 0) is 14.8 Å². The van der Waals surface area contributed by atoms with E-state index < -0.39 is 22.5 Å². The van der Waals surface area contributed by atoms with Crippen molar-refractivity contribution in [3.8, 4) is 5.69 Å². The molecule has 0 spiro atoms. The number of carbonyl (C=O) groups is 1. The molecule has 0 aliphatic heterocycles. The van der Waals surface area contributed by atoms with Crippen molar-refractivity contribution < 1.29 is 13.2 Å². The van der Waals surface area contributed by atoms with Crippen molar-refractivity contribution >= 4 is 67.0 Å². The highest BCUT2D eigenvalue weighted by Crippen LogP contribution is 2.32. The molecule has 4 rings (SSSR count). The molecule has 0 radical (unpaired) electrons. The van der Waals surface area contributed by atoms with Crippen molar-refractivity contribution in [3.63, 3.8) is 0 Å². The van der Waals surface area contributed by atoms with Crippen LogP contribution < -0.4 is 9.73 Å². The van der Waals surface area contributed by atoms with Gasteiger partial charge in [-0.3, -0.25) is 9.10 Å². The van der Waals surface area contributed by atoms with E-state index >= 15 is 0 Å². The summed E-state index contributed by atoms with van der Waals surface area (Å²) in [4.78, 5) is 12.9. The Hall–Kier alpha value is -3.11. The Kier molecular flexibility index (Phi) is 8.62. The van der Waals surface area contributed by atoms with Gasteiger partial charge in [-0.2, -0.15) is 5.10 Å². The van der Waals surface area contributed by atoms with Gasteiger partial charge in [0.2, 0.25) is 0 Å². The number of nitrogens with one attached hydrogen (secondary N) is 1. The summed E-state index contributed by atoms with van der Waals surface area (Å²) in [6, 6.07) is 22.1. The monoisotopic (exact) mass is 632 g/mol. The highest BCUT2D eigenvalue weighted by atomic mass is 79.9. The van der Waals surface area contributed by atoms with Gasteiger partial charge in [0.25, 0.3) is 15.9 Å². The van der Waals surface area contributed by atoms with E-state index in [-0.39, 0.29) is 15.6 Å². The van der Waals surface area contributed by atoms with Gasteiger partial charge in [-0.1, -0.05) is 57.3 Å². The first-order chi connectivity index (χ1) is 18.1. The van der Waals surface area contributed by atoms with E-state index in [1.54, 1.807) is 18.2 Å². The Balaban J connectivity index is 1.56. The van der Waals surface area contributed by atoms with Crippen LogP contribution >= 0.6 is 39.1 Å². The van der Waals surface area contributed by atoms with Crippen LogP contribution in [0, 0.1) is 13.8 Å². The van der Waals surface area contributed by atoms with Crippen molar-refractivity contribution in [3.05, 3.63) is 110 Å². The van der Waals surface area contributed by atoms with E-state index in [0.717, 1.165) is 31.4 Å². The summed E-state index contributed by atoms with van der Waals surface area (Å²) in [5.41, 5.74) is 6.28. The fourth-order valence-corrected chi connectivity index (χ4v) is 6.23. The number of aromatic nitrogens is 1. The van der Waals surface area contributed by atoms with Gasteiger partial charge in [0.05, 0.1) is 21.8 Å². The first-order valence-corrected chi connectivity index (χ1v) is 14.4. The number of halogens is 3. The molecule has 0 saturated heterocycles. The highest BCUT2D eigenvalue weighted by molar-refractivity contribution is 9.10. The second-order valence-electron chi connectivity index (χ2n) is 8.35. The minimum atomic E-state index is -4.12. The molecule has 0 atom stereocenters. The molecule has 196 valence electrons. The first-order valence-electron chi connectivity index (χ1n) is 11.4. The molecular weight excluding hydrogens is 611 g/mol. The van der Waals surface area contributed by atoms with Gasteiger partial charge >= 0.3 is 0 Å². The zero-order valence-electron chi connectivity index (χ0n) is 20.4. The number of anilines is 1. The molecule has 3 aromatic carbocycles. The average Bonchev–Trinajstić information content (AvgIpc) is 3.16. The summed E-state index contributed by atoms with van der Waals surface area (Å²) in [7, 11) is -4.12. The predicted octanol–water partition coefficient (Wildman–Crippen LogP) is 6.51. The second kappa shape index (κ2) is 11.7. The number of amides is 1. The normalized spacial score (nSPS) is 11.6. The van der Waals surface area contributed by atoms with Crippen molar-refractivity contribution in [1.82, 2.24) is 9.99 Å². The Bertz CT molecular complexity index is 1610. The Morgan fingerprint density at radius 3 is 2.37 bits per heavy atom. The van der Waals surface area contributed by atoms with Crippen LogP contribution in [0.4, 0.5) is 5.69 Å². The van der Waals surface area contributed by atoms with Gasteiger partial charge in [0.1, 0.15) is 6.54 Å². The SMILES string of the molecule is Cc1cc(/C=N\NC(=O)CN(c2ccc(Cl)cc2Cl)S(=O)(=O)c2ccccc2)c(C)n1-c1ccc(Br)cc1. The van der Waals surface area contributed by atoms with Gasteiger partial charge in [0, 0.05) is 32.1 Å². The fraction of sp³-hybridized carbons (Fsp3) is 0.111. The summed E-state index contributed by atoms with van der Waals surface area (Å²) < 4.78 is 30.9. The quantitative estimate of drug-likeness (QED) is 0.177. The second-order valence-corrected chi connectivity index (χ2v) is 12.0. The van der Waals surface area contributed by atoms with Gasteiger partial charge in [-0.05, 0) is 74.5 Å². The molecule has 0 bridgehead atoms. The third-order valence-corrected chi connectivity index (χ3v) is 8.59. The smallest absolute Gasteiger partial charge is 0.264 e. The largest absolute Gasteiger partial charge is 0.318 e. The number of carbonyl (C=O) groups excluding carboxylic acids is 1. The van der Waals surface area contributed by atoms with Crippen LogP contribution in [0.15, 0.2) is 93.3 Å². The minimum absolute atomic E-state index is 0.0164. The van der Waals surface area contributed by atoms with Gasteiger partial charge in [-0.15, -0.1) is 0 Å². The molecule has 1 N–H and O–H groups in total. The molecule has 0 aliphatic carbocycles. The molecule has 1 amide bonds. The summed E-state index contributed by atoms with van der Waals surface area (Å²) in [6.07, 6.45) is 1.53. The Labute approximate surface area is 239 Å². The van der Waals surface area contributed by atoms with Crippen LogP contribution in [0.3, 0.4) is 0 Å². The predicted molar refractivity (Wildman–Crippen MR) is 156 cm³/mol. The number of hydrogen-bond donors (Lipinski definition) is 1. The molecule has 4 aromatic rings. The molecule has 1 aromatic heterocycles. The average molecular weight is 634 g/mol. The lowest BCUT2D eigenvalue weighted by molar-refractivity contribution is -0.119. The number of rotatable bonds is 8. The third-order valence-electron chi connectivity index (χ3n) is 5.74. The van der Waals surface area contributed by atoms with Crippen LogP contribution in [-0.4, -0.2) is 31.7 Å². The van der Waals surface area contributed by atoms with E-state index in [2.05, 4.69) is 31.0 Å². The molecule has 38 heavy (non-hydrogen) atoms. The maximum Gasteiger partial charge on any atom is 0.264 e. The third kappa shape index (κ3) is 6.13. The van der Waals surface area contributed by atoms with Crippen LogP contribution in [0.1, 0.15) is 17.0 Å². The molecule has 1 heterocycles. The lowest BCUT2D eigenvalue weighted by Gasteiger charge is -2.24. The van der Waals surface area contributed by atoms with Crippen molar-refractivity contribution in [1.29, 1.82) is 0 Å². The summed E-state index contributed by atoms with van der Waals surface area (Å²) in [6.45, 7) is 3.38. The lowest BCUT2D eigenvalue weighted by Crippen LogP contribution is -2.39. The standard InChI is InChI=1S/C27H23BrCl2N4O3S/c1-18-14-20(19(2)34(18)23-11-8-21(28)9-12-23)16-31-32-27(35)17-33(26-13-10-22(29)15-25(26)30)38(36,37)24-6-4-3-5-7-24/h3-16H,17H2,1-2H3,(H,32,35)/b31-16-. The zero-order valence-corrected chi connectivity index (χ0v) is 24.3. The molecular formula is C27H23BrCl2N4O3S. The fourth-order valence-electron chi connectivity index (χ4n) is 3.95. The van der Waals surface area contributed by atoms with E-state index in [1.165, 1.54) is 36.5 Å². The maximum absolute atomic E-state index is 13.5. The molecule has 0 aliphatic rings. The Morgan fingerprint density at radius 1 is 1.03 bits per heavy atom. The Morgan fingerprint density at radius 2 is 1.71 bits per heavy atom. The van der Waals surface area contributed by atoms with E-state index in [1.807, 2.05) is 44.2 Å². The molecule has 0 saturated carbocycles. The van der Waals surface area contributed by atoms with Crippen LogP contribution in [0.2, 0.25) is 10.0 Å². The molecule has 7 nitrogen and oxygen atoms in total. The van der Waals surface area contributed by atoms with E-state index in [9.17, 15) is 13.2 Å². The van der Waals surface area contributed by atoms with Crippen molar-refractivity contribution in [2.75, 3.05) is 10.8 Å². The highest BCUT2D eigenvalue weighted by Gasteiger charge is 2.28. The van der Waals surface area contributed by atoms with Crippen LogP contribution in [0.25, 0.3) is 5.69 Å². The molecule has 0 unspecified atom stereocenters. The molecule has 0 fully saturated rings. The summed E-state index contributed by atoms with van der Waals surface area (Å²) in [5.74, 6) is -0.645.